The summed E-state index contributed by atoms with van der Waals surface area (Å²) < 4.78 is 10.6. The molecule has 1 aromatic heterocycles. The number of aromatic nitrogens is 1. The van der Waals surface area contributed by atoms with E-state index in [1.54, 1.807) is 18.0 Å². The van der Waals surface area contributed by atoms with Gasteiger partial charge in [-0.05, 0) is 24.6 Å². The van der Waals surface area contributed by atoms with E-state index in [1.165, 1.54) is 11.3 Å². The SMILES string of the molecule is CCOc1ccc(C(COC)NC(=O)c2cscn2)cc1. The van der Waals surface area contributed by atoms with Gasteiger partial charge in [0, 0.05) is 12.5 Å². The van der Waals surface area contributed by atoms with Crippen molar-refractivity contribution in [2.45, 2.75) is 13.0 Å². The topological polar surface area (TPSA) is 60.5 Å². The van der Waals surface area contributed by atoms with E-state index in [2.05, 4.69) is 10.3 Å². The quantitative estimate of drug-likeness (QED) is 0.854. The second-order valence-corrected chi connectivity index (χ2v) is 5.08. The Labute approximate surface area is 127 Å². The fourth-order valence-corrected chi connectivity index (χ4v) is 2.44. The first-order valence-electron chi connectivity index (χ1n) is 6.65. The van der Waals surface area contributed by atoms with Gasteiger partial charge < -0.3 is 14.8 Å². The maximum atomic E-state index is 12.1. The third-order valence-electron chi connectivity index (χ3n) is 2.90. The average Bonchev–Trinajstić information content (AvgIpc) is 3.02. The van der Waals surface area contributed by atoms with Crippen LogP contribution in [0, 0.1) is 0 Å². The molecule has 0 saturated heterocycles. The molecule has 0 saturated carbocycles. The van der Waals surface area contributed by atoms with Crippen molar-refractivity contribution in [2.24, 2.45) is 0 Å². The molecule has 2 rings (SSSR count). The van der Waals surface area contributed by atoms with Crippen molar-refractivity contribution in [3.8, 4) is 5.75 Å². The number of carbonyl (C=O) groups is 1. The van der Waals surface area contributed by atoms with E-state index < -0.39 is 0 Å². The molecule has 1 atom stereocenters. The molecule has 5 nitrogen and oxygen atoms in total. The Morgan fingerprint density at radius 2 is 2.14 bits per heavy atom. The number of hydrogen-bond acceptors (Lipinski definition) is 5. The molecule has 1 N–H and O–H groups in total. The number of ether oxygens (including phenoxy) is 2. The highest BCUT2D eigenvalue weighted by atomic mass is 32.1. The molecule has 0 bridgehead atoms. The number of methoxy groups -OCH3 is 1. The maximum Gasteiger partial charge on any atom is 0.271 e. The minimum atomic E-state index is -0.222. The van der Waals surface area contributed by atoms with Crippen molar-refractivity contribution in [2.75, 3.05) is 20.3 Å². The van der Waals surface area contributed by atoms with Crippen LogP contribution in [-0.2, 0) is 4.74 Å². The number of carbonyl (C=O) groups excluding carboxylic acids is 1. The van der Waals surface area contributed by atoms with E-state index in [1.807, 2.05) is 31.2 Å². The number of nitrogens with one attached hydrogen (secondary N) is 1. The molecule has 6 heteroatoms. The summed E-state index contributed by atoms with van der Waals surface area (Å²) in [5.41, 5.74) is 3.02. The van der Waals surface area contributed by atoms with Gasteiger partial charge in [-0.25, -0.2) is 4.98 Å². The third kappa shape index (κ3) is 4.27. The lowest BCUT2D eigenvalue weighted by atomic mass is 10.1. The second kappa shape index (κ2) is 7.75. The smallest absolute Gasteiger partial charge is 0.271 e. The average molecular weight is 306 g/mol. The van der Waals surface area contributed by atoms with E-state index in [4.69, 9.17) is 9.47 Å². The van der Waals surface area contributed by atoms with Crippen LogP contribution in [0.3, 0.4) is 0 Å². The number of nitrogens with zero attached hydrogens (tertiary/aromatic N) is 1. The predicted octanol–water partition coefficient (Wildman–Crippen LogP) is 2.66. The van der Waals surface area contributed by atoms with E-state index in [9.17, 15) is 4.79 Å². The Hall–Kier alpha value is -1.92. The molecule has 1 aromatic carbocycles. The van der Waals surface area contributed by atoms with Gasteiger partial charge >= 0.3 is 0 Å². The summed E-state index contributed by atoms with van der Waals surface area (Å²) in [6.45, 7) is 2.96. The van der Waals surface area contributed by atoms with Crippen LogP contribution in [0.4, 0.5) is 0 Å². The van der Waals surface area contributed by atoms with Crippen LogP contribution in [0.15, 0.2) is 35.2 Å². The van der Waals surface area contributed by atoms with Crippen molar-refractivity contribution in [3.05, 3.63) is 46.4 Å². The molecular formula is C15H18N2O3S. The highest BCUT2D eigenvalue weighted by Crippen LogP contribution is 2.19. The number of rotatable bonds is 7. The molecule has 1 heterocycles. The van der Waals surface area contributed by atoms with Gasteiger partial charge in [-0.2, -0.15) is 0 Å². The molecule has 0 fully saturated rings. The summed E-state index contributed by atoms with van der Waals surface area (Å²) >= 11 is 1.39. The Morgan fingerprint density at radius 1 is 1.38 bits per heavy atom. The molecule has 0 radical (unpaired) electrons. The summed E-state index contributed by atoms with van der Waals surface area (Å²) in [7, 11) is 1.61. The molecule has 21 heavy (non-hydrogen) atoms. The maximum absolute atomic E-state index is 12.1. The minimum Gasteiger partial charge on any atom is -0.494 e. The van der Waals surface area contributed by atoms with Crippen LogP contribution in [0.5, 0.6) is 5.75 Å². The molecule has 2 aromatic rings. The van der Waals surface area contributed by atoms with Crippen molar-refractivity contribution < 1.29 is 14.3 Å². The Kier molecular flexibility index (Phi) is 5.71. The minimum absolute atomic E-state index is 0.202. The van der Waals surface area contributed by atoms with E-state index in [0.29, 0.717) is 18.9 Å². The van der Waals surface area contributed by atoms with Crippen LogP contribution in [0.25, 0.3) is 0 Å². The summed E-state index contributed by atoms with van der Waals surface area (Å²) in [6, 6.07) is 7.40. The Bertz CT molecular complexity index is 555. The highest BCUT2D eigenvalue weighted by Gasteiger charge is 2.17. The van der Waals surface area contributed by atoms with Crippen LogP contribution >= 0.6 is 11.3 Å². The lowest BCUT2D eigenvalue weighted by Gasteiger charge is -2.18. The summed E-state index contributed by atoms with van der Waals surface area (Å²) in [4.78, 5) is 16.1. The lowest BCUT2D eigenvalue weighted by Crippen LogP contribution is -2.31. The molecule has 0 spiro atoms. The molecule has 112 valence electrons. The van der Waals surface area contributed by atoms with Crippen molar-refractivity contribution in [1.29, 1.82) is 0 Å². The van der Waals surface area contributed by atoms with Crippen LogP contribution < -0.4 is 10.1 Å². The van der Waals surface area contributed by atoms with Gasteiger partial charge in [-0.3, -0.25) is 4.79 Å². The van der Waals surface area contributed by atoms with Gasteiger partial charge in [0.15, 0.2) is 0 Å². The number of thiazole rings is 1. The molecule has 0 aliphatic heterocycles. The standard InChI is InChI=1S/C15H18N2O3S/c1-3-20-12-6-4-11(5-7-12)13(8-19-2)17-15(18)14-9-21-10-16-14/h4-7,9-10,13H,3,8H2,1-2H3,(H,17,18). The van der Waals surface area contributed by atoms with Gasteiger partial charge in [0.25, 0.3) is 5.91 Å². The summed E-state index contributed by atoms with van der Waals surface area (Å²) in [6.07, 6.45) is 0. The van der Waals surface area contributed by atoms with E-state index in [-0.39, 0.29) is 11.9 Å². The molecule has 0 aliphatic rings. The van der Waals surface area contributed by atoms with E-state index in [0.717, 1.165) is 11.3 Å². The van der Waals surface area contributed by atoms with Crippen molar-refractivity contribution >= 4 is 17.2 Å². The fourth-order valence-electron chi connectivity index (χ4n) is 1.91. The van der Waals surface area contributed by atoms with Crippen LogP contribution in [0.1, 0.15) is 29.0 Å². The molecule has 1 amide bonds. The first kappa shape index (κ1) is 15.5. The van der Waals surface area contributed by atoms with Gasteiger partial charge in [-0.15, -0.1) is 11.3 Å². The Balaban J connectivity index is 2.09. The number of benzene rings is 1. The second-order valence-electron chi connectivity index (χ2n) is 4.36. The monoisotopic (exact) mass is 306 g/mol. The highest BCUT2D eigenvalue weighted by molar-refractivity contribution is 7.07. The fraction of sp³-hybridized carbons (Fsp3) is 0.333. The molecule has 0 aliphatic carbocycles. The van der Waals surface area contributed by atoms with E-state index >= 15 is 0 Å². The third-order valence-corrected chi connectivity index (χ3v) is 3.48. The summed E-state index contributed by atoms with van der Waals surface area (Å²) in [5, 5.41) is 4.65. The van der Waals surface area contributed by atoms with Gasteiger partial charge in [0.2, 0.25) is 0 Å². The van der Waals surface area contributed by atoms with Crippen LogP contribution in [0.2, 0.25) is 0 Å². The van der Waals surface area contributed by atoms with Crippen molar-refractivity contribution in [3.63, 3.8) is 0 Å². The first-order valence-corrected chi connectivity index (χ1v) is 7.59. The van der Waals surface area contributed by atoms with Crippen LogP contribution in [-0.4, -0.2) is 31.2 Å². The lowest BCUT2D eigenvalue weighted by molar-refractivity contribution is 0.0892. The molecular weight excluding hydrogens is 288 g/mol. The molecule has 1 unspecified atom stereocenters. The summed E-state index contributed by atoms with van der Waals surface area (Å²) in [5.74, 6) is 0.607. The normalized spacial score (nSPS) is 11.9. The first-order chi connectivity index (χ1) is 10.2. The zero-order chi connectivity index (χ0) is 15.1. The zero-order valence-corrected chi connectivity index (χ0v) is 12.9. The van der Waals surface area contributed by atoms with Gasteiger partial charge in [0.05, 0.1) is 24.8 Å². The zero-order valence-electron chi connectivity index (χ0n) is 12.0. The largest absolute Gasteiger partial charge is 0.494 e. The number of hydrogen-bond donors (Lipinski definition) is 1. The predicted molar refractivity (Wildman–Crippen MR) is 81.8 cm³/mol. The van der Waals surface area contributed by atoms with Gasteiger partial charge in [0.1, 0.15) is 11.4 Å². The van der Waals surface area contributed by atoms with Gasteiger partial charge in [-0.1, -0.05) is 12.1 Å². The Morgan fingerprint density at radius 3 is 2.71 bits per heavy atom. The van der Waals surface area contributed by atoms with Crippen molar-refractivity contribution in [1.82, 2.24) is 10.3 Å². The number of amides is 1.